The Hall–Kier alpha value is -1.39. The number of carbonyl (C=O) groups is 1. The summed E-state index contributed by atoms with van der Waals surface area (Å²) in [4.78, 5) is 14.4. The Balaban J connectivity index is 2.41. The second kappa shape index (κ2) is 8.80. The highest BCUT2D eigenvalue weighted by Gasteiger charge is 2.21. The van der Waals surface area contributed by atoms with Crippen molar-refractivity contribution in [3.8, 4) is 0 Å². The van der Waals surface area contributed by atoms with Crippen LogP contribution >= 0.6 is 0 Å². The third kappa shape index (κ3) is 5.48. The molecule has 3 N–H and O–H groups in total. The van der Waals surface area contributed by atoms with Crippen LogP contribution in [0.3, 0.4) is 0 Å². The van der Waals surface area contributed by atoms with Crippen molar-refractivity contribution in [1.82, 2.24) is 10.2 Å². The van der Waals surface area contributed by atoms with Gasteiger partial charge in [-0.2, -0.15) is 0 Å². The molecule has 0 radical (unpaired) electrons. The fourth-order valence-electron chi connectivity index (χ4n) is 2.18. The summed E-state index contributed by atoms with van der Waals surface area (Å²) >= 11 is 0. The maximum atomic E-state index is 12.2. The number of likely N-dealkylation sites (N-methyl/N-ethyl adjacent to an activating group) is 1. The van der Waals surface area contributed by atoms with E-state index in [4.69, 9.17) is 5.73 Å². The van der Waals surface area contributed by atoms with Crippen LogP contribution in [0, 0.1) is 5.92 Å². The molecule has 0 aliphatic carbocycles. The Morgan fingerprint density at radius 1 is 1.29 bits per heavy atom. The van der Waals surface area contributed by atoms with Crippen molar-refractivity contribution in [2.45, 2.75) is 39.3 Å². The van der Waals surface area contributed by atoms with Crippen LogP contribution in [0.2, 0.25) is 0 Å². The molecule has 0 bridgehead atoms. The third-order valence-electron chi connectivity index (χ3n) is 4.24. The number of rotatable bonds is 8. The van der Waals surface area contributed by atoms with Gasteiger partial charge in [-0.25, -0.2) is 0 Å². The molecule has 4 nitrogen and oxygen atoms in total. The van der Waals surface area contributed by atoms with Gasteiger partial charge in [-0.05, 0) is 26.0 Å². The van der Waals surface area contributed by atoms with E-state index in [2.05, 4.69) is 31.1 Å². The van der Waals surface area contributed by atoms with Gasteiger partial charge in [0.05, 0.1) is 5.92 Å². The van der Waals surface area contributed by atoms with Crippen molar-refractivity contribution in [2.75, 3.05) is 20.1 Å². The summed E-state index contributed by atoms with van der Waals surface area (Å²) in [6, 6.07) is 10.0. The summed E-state index contributed by atoms with van der Waals surface area (Å²) in [6.45, 7) is 7.75. The molecule has 118 valence electrons. The first-order valence-electron chi connectivity index (χ1n) is 7.75. The Kier molecular flexibility index (Phi) is 7.40. The SMILES string of the molecule is CCC(C)N(C)CCNC(=O)C(C)C(N)c1ccccc1. The monoisotopic (exact) mass is 291 g/mol. The van der Waals surface area contributed by atoms with E-state index in [0.717, 1.165) is 18.5 Å². The van der Waals surface area contributed by atoms with E-state index >= 15 is 0 Å². The smallest absolute Gasteiger partial charge is 0.224 e. The predicted octanol–water partition coefficient (Wildman–Crippen LogP) is 2.17. The Labute approximate surface area is 128 Å². The molecule has 3 unspecified atom stereocenters. The van der Waals surface area contributed by atoms with Crippen LogP contribution in [0.4, 0.5) is 0 Å². The fourth-order valence-corrected chi connectivity index (χ4v) is 2.18. The maximum Gasteiger partial charge on any atom is 0.224 e. The average molecular weight is 291 g/mol. The van der Waals surface area contributed by atoms with Crippen molar-refractivity contribution in [1.29, 1.82) is 0 Å². The molecule has 0 spiro atoms. The molecule has 4 heteroatoms. The van der Waals surface area contributed by atoms with E-state index in [9.17, 15) is 4.79 Å². The van der Waals surface area contributed by atoms with Crippen molar-refractivity contribution < 1.29 is 4.79 Å². The standard InChI is InChI=1S/C17H29N3O/c1-5-13(2)20(4)12-11-19-17(21)14(3)16(18)15-9-7-6-8-10-15/h6-10,13-14,16H,5,11-12,18H2,1-4H3,(H,19,21). The third-order valence-corrected chi connectivity index (χ3v) is 4.24. The summed E-state index contributed by atoms with van der Waals surface area (Å²) in [5.74, 6) is -0.217. The zero-order chi connectivity index (χ0) is 15.8. The van der Waals surface area contributed by atoms with Gasteiger partial charge in [0.15, 0.2) is 0 Å². The van der Waals surface area contributed by atoms with Gasteiger partial charge in [0, 0.05) is 25.2 Å². The highest BCUT2D eigenvalue weighted by atomic mass is 16.1. The van der Waals surface area contributed by atoms with E-state index in [1.54, 1.807) is 0 Å². The molecule has 0 aromatic heterocycles. The quantitative estimate of drug-likeness (QED) is 0.772. The highest BCUT2D eigenvalue weighted by molar-refractivity contribution is 5.79. The molecule has 0 saturated heterocycles. The van der Waals surface area contributed by atoms with E-state index < -0.39 is 0 Å². The van der Waals surface area contributed by atoms with E-state index in [0.29, 0.717) is 12.6 Å². The van der Waals surface area contributed by atoms with Crippen molar-refractivity contribution >= 4 is 5.91 Å². The summed E-state index contributed by atoms with van der Waals surface area (Å²) in [5, 5.41) is 2.98. The minimum absolute atomic E-state index is 0.0175. The van der Waals surface area contributed by atoms with E-state index in [1.165, 1.54) is 0 Å². The zero-order valence-corrected chi connectivity index (χ0v) is 13.7. The Morgan fingerprint density at radius 3 is 2.48 bits per heavy atom. The summed E-state index contributed by atoms with van der Waals surface area (Å²) in [6.07, 6.45) is 1.11. The molecular formula is C17H29N3O. The molecule has 1 aromatic rings. The molecule has 1 amide bonds. The van der Waals surface area contributed by atoms with Gasteiger partial charge in [-0.3, -0.25) is 4.79 Å². The minimum atomic E-state index is -0.265. The molecule has 3 atom stereocenters. The lowest BCUT2D eigenvalue weighted by Gasteiger charge is -2.24. The van der Waals surface area contributed by atoms with E-state index in [1.807, 2.05) is 37.3 Å². The van der Waals surface area contributed by atoms with Crippen molar-refractivity contribution in [3.63, 3.8) is 0 Å². The number of amides is 1. The molecule has 1 aromatic carbocycles. The first-order valence-corrected chi connectivity index (χ1v) is 7.75. The van der Waals surface area contributed by atoms with Crippen LogP contribution < -0.4 is 11.1 Å². The van der Waals surface area contributed by atoms with Gasteiger partial charge in [-0.1, -0.05) is 44.2 Å². The van der Waals surface area contributed by atoms with Crippen LogP contribution in [0.15, 0.2) is 30.3 Å². The van der Waals surface area contributed by atoms with Crippen LogP contribution in [0.25, 0.3) is 0 Å². The normalized spacial score (nSPS) is 15.5. The topological polar surface area (TPSA) is 58.4 Å². The molecule has 21 heavy (non-hydrogen) atoms. The average Bonchev–Trinajstić information content (AvgIpc) is 2.53. The van der Waals surface area contributed by atoms with Crippen LogP contribution in [-0.4, -0.2) is 37.0 Å². The van der Waals surface area contributed by atoms with Crippen molar-refractivity contribution in [3.05, 3.63) is 35.9 Å². The summed E-state index contributed by atoms with van der Waals surface area (Å²) < 4.78 is 0. The molecular weight excluding hydrogens is 262 g/mol. The van der Waals surface area contributed by atoms with E-state index in [-0.39, 0.29) is 17.9 Å². The first-order chi connectivity index (χ1) is 9.97. The minimum Gasteiger partial charge on any atom is -0.355 e. The summed E-state index contributed by atoms with van der Waals surface area (Å²) in [5.41, 5.74) is 7.17. The number of hydrogen-bond donors (Lipinski definition) is 2. The van der Waals surface area contributed by atoms with Gasteiger partial charge >= 0.3 is 0 Å². The van der Waals surface area contributed by atoms with Gasteiger partial charge in [0.1, 0.15) is 0 Å². The number of carbonyl (C=O) groups excluding carboxylic acids is 1. The number of nitrogens with zero attached hydrogens (tertiary/aromatic N) is 1. The lowest BCUT2D eigenvalue weighted by atomic mass is 9.95. The largest absolute Gasteiger partial charge is 0.355 e. The van der Waals surface area contributed by atoms with Crippen LogP contribution in [0.5, 0.6) is 0 Å². The fraction of sp³-hybridized carbons (Fsp3) is 0.588. The van der Waals surface area contributed by atoms with Gasteiger partial charge in [-0.15, -0.1) is 0 Å². The molecule has 0 saturated carbocycles. The number of benzene rings is 1. The number of hydrogen-bond acceptors (Lipinski definition) is 3. The molecule has 0 heterocycles. The lowest BCUT2D eigenvalue weighted by molar-refractivity contribution is -0.125. The lowest BCUT2D eigenvalue weighted by Crippen LogP contribution is -2.40. The zero-order valence-electron chi connectivity index (χ0n) is 13.7. The summed E-state index contributed by atoms with van der Waals surface area (Å²) in [7, 11) is 2.08. The van der Waals surface area contributed by atoms with Crippen molar-refractivity contribution in [2.24, 2.45) is 11.7 Å². The second-order valence-electron chi connectivity index (χ2n) is 5.75. The second-order valence-corrected chi connectivity index (χ2v) is 5.75. The maximum absolute atomic E-state index is 12.2. The Morgan fingerprint density at radius 2 is 1.90 bits per heavy atom. The molecule has 1 rings (SSSR count). The number of nitrogens with one attached hydrogen (secondary N) is 1. The number of nitrogens with two attached hydrogens (primary N) is 1. The van der Waals surface area contributed by atoms with Gasteiger partial charge < -0.3 is 16.0 Å². The van der Waals surface area contributed by atoms with Gasteiger partial charge in [0.25, 0.3) is 0 Å². The molecule has 0 aliphatic heterocycles. The molecule has 0 fully saturated rings. The molecule has 0 aliphatic rings. The van der Waals surface area contributed by atoms with Crippen LogP contribution in [-0.2, 0) is 4.79 Å². The highest BCUT2D eigenvalue weighted by Crippen LogP contribution is 2.18. The Bertz CT molecular complexity index is 421. The first kappa shape index (κ1) is 17.7. The predicted molar refractivity (Wildman–Crippen MR) is 87.9 cm³/mol. The van der Waals surface area contributed by atoms with Gasteiger partial charge in [0.2, 0.25) is 5.91 Å². The van der Waals surface area contributed by atoms with Crippen LogP contribution in [0.1, 0.15) is 38.8 Å².